The van der Waals surface area contributed by atoms with E-state index >= 15 is 0 Å². The minimum Gasteiger partial charge on any atom is -0.488 e. The van der Waals surface area contributed by atoms with E-state index in [9.17, 15) is 9.59 Å². The zero-order valence-corrected chi connectivity index (χ0v) is 28.8. The topological polar surface area (TPSA) is 137 Å². The number of amides is 2. The molecule has 0 aliphatic carbocycles. The quantitative estimate of drug-likeness (QED) is 0.137. The number of carbonyl (C=O) groups excluding carboxylic acids is 2. The summed E-state index contributed by atoms with van der Waals surface area (Å²) >= 11 is 0. The van der Waals surface area contributed by atoms with Gasteiger partial charge in [0.15, 0.2) is 0 Å². The standard InChI is InChI=1S/C41H39N7O4/c1-51-41(50)47-36(24-7-3-2-4-8-24)40(49)48-18-6-10-35(48)39-44-22-34(46-39)26-13-15-30-25(19-26)11-16-31-29-14-12-27(20-28(29)23-52-37(30)31)33-21-43-38(45-33)32-9-5-17-42-32/h2-4,7-8,11-16,19-22,32,35-36,42H,5-6,9-10,17-18,23H2,1H3,(H,43,45)(H,44,46)(H,47,50)/t32-,35-,36?/m0/s1. The minimum atomic E-state index is -0.866. The summed E-state index contributed by atoms with van der Waals surface area (Å²) < 4.78 is 11.3. The van der Waals surface area contributed by atoms with Gasteiger partial charge in [-0.05, 0) is 78.1 Å². The van der Waals surface area contributed by atoms with Gasteiger partial charge in [0.2, 0.25) is 0 Å². The summed E-state index contributed by atoms with van der Waals surface area (Å²) in [6, 6.07) is 25.6. The Morgan fingerprint density at radius 2 is 1.65 bits per heavy atom. The normalized spacial score (nSPS) is 18.4. The highest BCUT2D eigenvalue weighted by Gasteiger charge is 2.37. The SMILES string of the molecule is COC(=O)NC(C(=O)N1CCC[C@H]1c1ncc(-c2ccc3c4c(ccc3c2)-c2ccc(-c3cnc([C@@H]5CCCN5)[nH]3)cc2CO4)[nH]1)c1ccccc1. The number of aromatic nitrogens is 4. The molecule has 3 atom stereocenters. The predicted molar refractivity (Wildman–Crippen MR) is 197 cm³/mol. The fourth-order valence-electron chi connectivity index (χ4n) is 7.95. The van der Waals surface area contributed by atoms with Gasteiger partial charge in [-0.1, -0.05) is 60.7 Å². The first kappa shape index (κ1) is 32.0. The van der Waals surface area contributed by atoms with Crippen molar-refractivity contribution in [3.8, 4) is 39.4 Å². The Labute approximate surface area is 300 Å². The molecule has 4 aromatic carbocycles. The number of benzene rings is 4. The molecule has 3 aliphatic heterocycles. The molecule has 52 heavy (non-hydrogen) atoms. The number of imidazole rings is 2. The number of methoxy groups -OCH3 is 1. The molecule has 11 heteroatoms. The molecular formula is C41H39N7O4. The molecule has 5 heterocycles. The van der Waals surface area contributed by atoms with E-state index in [1.165, 1.54) is 19.1 Å². The number of alkyl carbamates (subject to hydrolysis) is 1. The second-order valence-corrected chi connectivity index (χ2v) is 13.7. The van der Waals surface area contributed by atoms with Gasteiger partial charge in [-0.3, -0.25) is 4.79 Å². The third-order valence-corrected chi connectivity index (χ3v) is 10.6. The maximum atomic E-state index is 13.9. The van der Waals surface area contributed by atoms with E-state index in [0.717, 1.165) is 87.6 Å². The van der Waals surface area contributed by atoms with Crippen LogP contribution >= 0.6 is 0 Å². The molecule has 3 aliphatic rings. The second kappa shape index (κ2) is 13.3. The summed E-state index contributed by atoms with van der Waals surface area (Å²) in [6.07, 6.45) is 6.98. The average Bonchev–Trinajstić information content (AvgIpc) is 4.03. The minimum absolute atomic E-state index is 0.197. The van der Waals surface area contributed by atoms with Crippen LogP contribution in [0, 0.1) is 0 Å². The van der Waals surface area contributed by atoms with Crippen molar-refractivity contribution in [2.75, 3.05) is 20.2 Å². The van der Waals surface area contributed by atoms with Crippen LogP contribution < -0.4 is 15.4 Å². The van der Waals surface area contributed by atoms with Crippen LogP contribution in [-0.2, 0) is 16.1 Å². The number of fused-ring (bicyclic) bond motifs is 5. The lowest BCUT2D eigenvalue weighted by Gasteiger charge is -2.28. The first-order chi connectivity index (χ1) is 25.5. The van der Waals surface area contributed by atoms with Gasteiger partial charge in [0, 0.05) is 23.1 Å². The molecule has 262 valence electrons. The molecule has 2 aromatic heterocycles. The average molecular weight is 694 g/mol. The lowest BCUT2D eigenvalue weighted by molar-refractivity contribution is -0.134. The number of hydrogen-bond donors (Lipinski definition) is 4. The maximum Gasteiger partial charge on any atom is 0.407 e. The number of likely N-dealkylation sites (tertiary alicyclic amines) is 1. The van der Waals surface area contributed by atoms with Gasteiger partial charge in [-0.2, -0.15) is 0 Å². The second-order valence-electron chi connectivity index (χ2n) is 13.7. The van der Waals surface area contributed by atoms with Crippen LogP contribution in [0.2, 0.25) is 0 Å². The van der Waals surface area contributed by atoms with Gasteiger partial charge in [-0.25, -0.2) is 14.8 Å². The molecule has 2 amide bonds. The van der Waals surface area contributed by atoms with Crippen molar-refractivity contribution in [3.05, 3.63) is 114 Å². The molecule has 0 spiro atoms. The predicted octanol–water partition coefficient (Wildman–Crippen LogP) is 7.36. The lowest BCUT2D eigenvalue weighted by Crippen LogP contribution is -2.42. The van der Waals surface area contributed by atoms with Crippen LogP contribution in [0.5, 0.6) is 5.75 Å². The molecule has 0 bridgehead atoms. The van der Waals surface area contributed by atoms with E-state index in [-0.39, 0.29) is 11.9 Å². The molecule has 9 rings (SSSR count). The molecule has 2 saturated heterocycles. The van der Waals surface area contributed by atoms with Crippen molar-refractivity contribution >= 4 is 22.8 Å². The van der Waals surface area contributed by atoms with Crippen LogP contribution in [0.1, 0.15) is 66.6 Å². The summed E-state index contributed by atoms with van der Waals surface area (Å²) in [5.74, 6) is 2.41. The Morgan fingerprint density at radius 3 is 2.46 bits per heavy atom. The highest BCUT2D eigenvalue weighted by molar-refractivity contribution is 5.98. The van der Waals surface area contributed by atoms with E-state index in [4.69, 9.17) is 14.5 Å². The maximum absolute atomic E-state index is 13.9. The van der Waals surface area contributed by atoms with Gasteiger partial charge in [0.05, 0.1) is 43.0 Å². The van der Waals surface area contributed by atoms with Crippen LogP contribution in [0.25, 0.3) is 44.4 Å². The molecule has 11 nitrogen and oxygen atoms in total. The number of hydrogen-bond acceptors (Lipinski definition) is 7. The molecule has 1 unspecified atom stereocenters. The largest absolute Gasteiger partial charge is 0.488 e. The van der Waals surface area contributed by atoms with Crippen molar-refractivity contribution in [2.24, 2.45) is 0 Å². The first-order valence-electron chi connectivity index (χ1n) is 17.9. The van der Waals surface area contributed by atoms with Crippen molar-refractivity contribution in [1.82, 2.24) is 35.5 Å². The number of rotatable bonds is 7. The van der Waals surface area contributed by atoms with Crippen LogP contribution in [0.15, 0.2) is 91.3 Å². The van der Waals surface area contributed by atoms with Crippen molar-refractivity contribution in [2.45, 2.75) is 50.4 Å². The van der Waals surface area contributed by atoms with E-state index < -0.39 is 12.1 Å². The fourth-order valence-corrected chi connectivity index (χ4v) is 7.95. The number of H-pyrrole nitrogens is 2. The monoisotopic (exact) mass is 693 g/mol. The molecule has 4 N–H and O–H groups in total. The zero-order chi connectivity index (χ0) is 35.2. The molecule has 2 fully saturated rings. The van der Waals surface area contributed by atoms with Gasteiger partial charge >= 0.3 is 6.09 Å². The fraction of sp³-hybridized carbons (Fsp3) is 0.268. The third-order valence-electron chi connectivity index (χ3n) is 10.6. The number of aromatic amines is 2. The number of nitrogens with one attached hydrogen (secondary N) is 4. The van der Waals surface area contributed by atoms with E-state index in [1.54, 1.807) is 4.90 Å². The Balaban J connectivity index is 0.953. The molecule has 0 saturated carbocycles. The van der Waals surface area contributed by atoms with Gasteiger partial charge in [0.1, 0.15) is 30.0 Å². The highest BCUT2D eigenvalue weighted by atomic mass is 16.5. The molecule has 6 aromatic rings. The summed E-state index contributed by atoms with van der Waals surface area (Å²) in [4.78, 5) is 44.4. The summed E-state index contributed by atoms with van der Waals surface area (Å²) in [7, 11) is 1.29. The Morgan fingerprint density at radius 1 is 0.885 bits per heavy atom. The number of ether oxygens (including phenoxy) is 2. The van der Waals surface area contributed by atoms with Crippen molar-refractivity contribution in [3.63, 3.8) is 0 Å². The van der Waals surface area contributed by atoms with Crippen LogP contribution in [-0.4, -0.2) is 57.0 Å². The molecular weight excluding hydrogens is 654 g/mol. The summed E-state index contributed by atoms with van der Waals surface area (Å²) in [5.41, 5.74) is 8.08. The zero-order valence-electron chi connectivity index (χ0n) is 28.8. The van der Waals surface area contributed by atoms with Gasteiger partial charge in [-0.15, -0.1) is 0 Å². The van der Waals surface area contributed by atoms with Gasteiger partial charge < -0.3 is 35.0 Å². The summed E-state index contributed by atoms with van der Waals surface area (Å²) in [6.45, 7) is 2.09. The number of carbonyl (C=O) groups is 2. The first-order valence-corrected chi connectivity index (χ1v) is 17.9. The van der Waals surface area contributed by atoms with Crippen molar-refractivity contribution < 1.29 is 19.1 Å². The van der Waals surface area contributed by atoms with E-state index in [1.807, 2.05) is 42.7 Å². The van der Waals surface area contributed by atoms with Crippen LogP contribution in [0.3, 0.4) is 0 Å². The molecule has 0 radical (unpaired) electrons. The van der Waals surface area contributed by atoms with Gasteiger partial charge in [0.25, 0.3) is 5.91 Å². The van der Waals surface area contributed by atoms with E-state index in [2.05, 4.69) is 74.1 Å². The smallest absolute Gasteiger partial charge is 0.407 e. The third kappa shape index (κ3) is 5.76. The highest BCUT2D eigenvalue weighted by Crippen LogP contribution is 2.44. The van der Waals surface area contributed by atoms with Crippen LogP contribution in [0.4, 0.5) is 4.79 Å². The summed E-state index contributed by atoms with van der Waals surface area (Å²) in [5, 5.41) is 8.36. The van der Waals surface area contributed by atoms with Crippen molar-refractivity contribution in [1.29, 1.82) is 0 Å². The Kier molecular flexibility index (Phi) is 8.19. The van der Waals surface area contributed by atoms with E-state index in [0.29, 0.717) is 24.8 Å². The lowest BCUT2D eigenvalue weighted by atomic mass is 9.92. The Hall–Kier alpha value is -5.94. The number of nitrogens with zero attached hydrogens (tertiary/aromatic N) is 3. The Bertz CT molecular complexity index is 2290.